The summed E-state index contributed by atoms with van der Waals surface area (Å²) in [6.45, 7) is 2.76. The first-order valence-corrected chi connectivity index (χ1v) is 15.8. The van der Waals surface area contributed by atoms with Crippen molar-refractivity contribution in [3.63, 3.8) is 0 Å². The molecule has 250 valence electrons. The number of hydrogen-bond donors (Lipinski definition) is 1. The van der Waals surface area contributed by atoms with Crippen molar-refractivity contribution >= 4 is 28.9 Å². The van der Waals surface area contributed by atoms with Crippen LogP contribution in [0.1, 0.15) is 37.7 Å². The first-order chi connectivity index (χ1) is 23.0. The highest BCUT2D eigenvalue weighted by Gasteiger charge is 2.48. The van der Waals surface area contributed by atoms with E-state index in [0.717, 1.165) is 44.6 Å². The Morgan fingerprint density at radius 1 is 1.15 bits per heavy atom. The molecule has 1 aliphatic carbocycles. The molecule has 0 aromatic carbocycles. The van der Waals surface area contributed by atoms with Crippen molar-refractivity contribution in [3.05, 3.63) is 48.7 Å². The number of rotatable bonds is 10. The van der Waals surface area contributed by atoms with Crippen LogP contribution in [0.4, 0.5) is 30.5 Å². The summed E-state index contributed by atoms with van der Waals surface area (Å²) >= 11 is 0. The molecule has 1 saturated carbocycles. The van der Waals surface area contributed by atoms with Gasteiger partial charge in [-0.15, -0.1) is 5.10 Å². The molecule has 2 saturated heterocycles. The number of carbonyl (C=O) groups is 1. The van der Waals surface area contributed by atoms with Crippen molar-refractivity contribution in [3.8, 4) is 12.1 Å². The summed E-state index contributed by atoms with van der Waals surface area (Å²) in [4.78, 5) is 23.8. The number of nitrogens with one attached hydrogen (secondary N) is 1. The predicted octanol–water partition coefficient (Wildman–Crippen LogP) is 3.24. The number of halogens is 3. The number of likely N-dealkylation sites (tertiary alicyclic amines) is 1. The summed E-state index contributed by atoms with van der Waals surface area (Å²) in [5.41, 5.74) is -0.0948. The maximum atomic E-state index is 13.2. The zero-order valence-corrected chi connectivity index (χ0v) is 26.3. The molecular formula is C31H34F3N13O. The number of piperidine rings is 1. The number of fused-ring (bicyclic) bond motifs is 1. The van der Waals surface area contributed by atoms with Crippen LogP contribution in [0.2, 0.25) is 0 Å². The van der Waals surface area contributed by atoms with Gasteiger partial charge in [0.2, 0.25) is 11.9 Å². The fourth-order valence-corrected chi connectivity index (χ4v) is 6.74. The van der Waals surface area contributed by atoms with Gasteiger partial charge < -0.3 is 20.0 Å². The number of amides is 1. The van der Waals surface area contributed by atoms with Crippen LogP contribution in [-0.4, -0.2) is 95.7 Å². The smallest absolute Gasteiger partial charge is 0.363 e. The zero-order valence-electron chi connectivity index (χ0n) is 26.3. The third-order valence-corrected chi connectivity index (χ3v) is 9.73. The monoisotopic (exact) mass is 661 g/mol. The second-order valence-electron chi connectivity index (χ2n) is 13.2. The summed E-state index contributed by atoms with van der Waals surface area (Å²) < 4.78 is 44.0. The molecule has 7 rings (SSSR count). The van der Waals surface area contributed by atoms with E-state index in [1.807, 2.05) is 15.9 Å². The van der Waals surface area contributed by atoms with Gasteiger partial charge in [0.1, 0.15) is 12.1 Å². The summed E-state index contributed by atoms with van der Waals surface area (Å²) in [7, 11) is 2.07. The van der Waals surface area contributed by atoms with Crippen molar-refractivity contribution < 1.29 is 18.0 Å². The molecule has 48 heavy (non-hydrogen) atoms. The number of pyridine rings is 1. The van der Waals surface area contributed by atoms with E-state index in [4.69, 9.17) is 0 Å². The molecular weight excluding hydrogens is 627 g/mol. The highest BCUT2D eigenvalue weighted by Crippen LogP contribution is 2.46. The number of alkyl halides is 3. The highest BCUT2D eigenvalue weighted by atomic mass is 19.4. The van der Waals surface area contributed by atoms with Crippen LogP contribution in [0.5, 0.6) is 0 Å². The fraction of sp³-hybridized carbons (Fsp3) is 0.516. The molecule has 2 aliphatic heterocycles. The van der Waals surface area contributed by atoms with E-state index in [1.165, 1.54) is 4.68 Å². The maximum Gasteiger partial charge on any atom is 0.419 e. The second kappa shape index (κ2) is 11.8. The maximum absolute atomic E-state index is 13.2. The molecule has 1 amide bonds. The van der Waals surface area contributed by atoms with Gasteiger partial charge in [0, 0.05) is 57.4 Å². The first-order valence-electron chi connectivity index (χ1n) is 15.8. The second-order valence-corrected chi connectivity index (χ2v) is 13.2. The minimum absolute atomic E-state index is 0.00286. The number of hydrogen-bond acceptors (Lipinski definition) is 10. The molecule has 0 atom stereocenters. The quantitative estimate of drug-likeness (QED) is 0.268. The van der Waals surface area contributed by atoms with Gasteiger partial charge in [0.05, 0.1) is 53.3 Å². The Morgan fingerprint density at radius 2 is 1.92 bits per heavy atom. The molecule has 0 unspecified atom stereocenters. The van der Waals surface area contributed by atoms with Crippen molar-refractivity contribution in [2.75, 3.05) is 50.0 Å². The van der Waals surface area contributed by atoms with Crippen LogP contribution in [0.15, 0.2) is 43.1 Å². The fourth-order valence-electron chi connectivity index (χ4n) is 6.74. The predicted molar refractivity (Wildman–Crippen MR) is 166 cm³/mol. The first kappa shape index (κ1) is 31.4. The van der Waals surface area contributed by atoms with E-state index >= 15 is 0 Å². The lowest BCUT2D eigenvalue weighted by molar-refractivity contribution is -0.137. The average Bonchev–Trinajstić information content (AvgIpc) is 3.38. The van der Waals surface area contributed by atoms with E-state index in [2.05, 4.69) is 49.7 Å². The van der Waals surface area contributed by atoms with Crippen LogP contribution in [0.25, 0.3) is 5.65 Å². The summed E-state index contributed by atoms with van der Waals surface area (Å²) in [6.07, 6.45) is 5.93. The molecule has 4 aromatic rings. The van der Waals surface area contributed by atoms with Crippen molar-refractivity contribution in [1.29, 1.82) is 10.5 Å². The van der Waals surface area contributed by atoms with Gasteiger partial charge in [0.15, 0.2) is 5.65 Å². The van der Waals surface area contributed by atoms with Crippen LogP contribution >= 0.6 is 0 Å². The van der Waals surface area contributed by atoms with Gasteiger partial charge in [-0.25, -0.2) is 4.52 Å². The molecule has 4 aromatic heterocycles. The Kier molecular flexibility index (Phi) is 7.74. The number of nitriles is 2. The lowest BCUT2D eigenvalue weighted by atomic mass is 9.86. The minimum Gasteiger partial charge on any atom is -0.363 e. The van der Waals surface area contributed by atoms with E-state index in [9.17, 15) is 28.5 Å². The Balaban J connectivity index is 0.960. The van der Waals surface area contributed by atoms with Crippen molar-refractivity contribution in [2.24, 2.45) is 5.41 Å². The van der Waals surface area contributed by atoms with E-state index in [-0.39, 0.29) is 37.4 Å². The molecule has 3 fully saturated rings. The molecule has 0 spiro atoms. The summed E-state index contributed by atoms with van der Waals surface area (Å²) in [5, 5.41) is 34.8. The van der Waals surface area contributed by atoms with Gasteiger partial charge in [-0.1, -0.05) is 0 Å². The number of anilines is 3. The van der Waals surface area contributed by atoms with Crippen LogP contribution < -0.4 is 10.2 Å². The van der Waals surface area contributed by atoms with E-state index in [0.29, 0.717) is 42.1 Å². The van der Waals surface area contributed by atoms with Crippen molar-refractivity contribution in [1.82, 2.24) is 44.0 Å². The van der Waals surface area contributed by atoms with E-state index in [1.54, 1.807) is 33.9 Å². The zero-order chi connectivity index (χ0) is 33.7. The van der Waals surface area contributed by atoms with Crippen LogP contribution in [0.3, 0.4) is 0 Å². The molecule has 14 nitrogen and oxygen atoms in total. The van der Waals surface area contributed by atoms with Crippen LogP contribution in [0, 0.1) is 28.1 Å². The topological polar surface area (TPSA) is 152 Å². The molecule has 6 heterocycles. The SMILES string of the molecule is CN(CC1(C#N)CC1)C1CCN(C(=O)Cn2cc(Nc3nc4c(N5CC(CC#N)(n6cc(C(F)(F)F)cn6)C5)cccn4n3)cn2)CC1. The number of nitrogens with zero attached hydrogens (tertiary/aromatic N) is 12. The van der Waals surface area contributed by atoms with Gasteiger partial charge in [0.25, 0.3) is 0 Å². The molecule has 3 aliphatic rings. The Hall–Kier alpha value is -5.16. The third kappa shape index (κ3) is 6.01. The largest absolute Gasteiger partial charge is 0.419 e. The van der Waals surface area contributed by atoms with Gasteiger partial charge in [-0.3, -0.25) is 14.2 Å². The Bertz CT molecular complexity index is 1900. The Labute approximate surface area is 273 Å². The lowest BCUT2D eigenvalue weighted by Gasteiger charge is -2.50. The van der Waals surface area contributed by atoms with Gasteiger partial charge in [-0.2, -0.15) is 38.9 Å². The molecule has 1 N–H and O–H groups in total. The van der Waals surface area contributed by atoms with Gasteiger partial charge in [-0.05, 0) is 44.9 Å². The van der Waals surface area contributed by atoms with Crippen molar-refractivity contribution in [2.45, 2.75) is 56.4 Å². The molecule has 0 bridgehead atoms. The van der Waals surface area contributed by atoms with Gasteiger partial charge >= 0.3 is 6.18 Å². The standard InChI is InChI=1S/C31H34F3N13O/c1-42(19-29(18-36)6-7-29)24-4-11-43(12-5-24)26(48)17-45-16-23(14-37-45)39-28-40-27-25(3-2-10-46(27)41-28)44-20-30(21-44,8-9-35)47-15-22(13-38-47)31(32,33)34/h2-3,10,13-16,24H,4-8,11-12,17,19-21H2,1H3,(H,39,41). The summed E-state index contributed by atoms with van der Waals surface area (Å²) in [6, 6.07) is 8.55. The molecule has 0 radical (unpaired) electrons. The minimum atomic E-state index is -4.52. The third-order valence-electron chi connectivity index (χ3n) is 9.73. The molecule has 17 heteroatoms. The number of carbonyl (C=O) groups excluding carboxylic acids is 1. The number of aromatic nitrogens is 7. The van der Waals surface area contributed by atoms with E-state index < -0.39 is 17.3 Å². The lowest BCUT2D eigenvalue weighted by Crippen LogP contribution is -2.63. The summed E-state index contributed by atoms with van der Waals surface area (Å²) in [5.74, 6) is 0.290. The van der Waals surface area contributed by atoms with Crippen LogP contribution in [-0.2, 0) is 23.1 Å². The normalized spacial score (nSPS) is 18.8. The average molecular weight is 662 g/mol. The highest BCUT2D eigenvalue weighted by molar-refractivity contribution is 5.76. The Morgan fingerprint density at radius 3 is 2.58 bits per heavy atom.